The zero-order valence-corrected chi connectivity index (χ0v) is 15.6. The summed E-state index contributed by atoms with van der Waals surface area (Å²) in [7, 11) is 1.59. The third-order valence-corrected chi connectivity index (χ3v) is 4.08. The summed E-state index contributed by atoms with van der Waals surface area (Å²) in [4.78, 5) is 28.4. The van der Waals surface area contributed by atoms with Gasteiger partial charge in [-0.05, 0) is 36.8 Å². The number of nitrogens with zero attached hydrogens (tertiary/aromatic N) is 3. The SMILES string of the molecule is COc1ccc(CNC(=O)COC(=O)c2cnn(-c3ccccn3)c2C)cc1. The van der Waals surface area contributed by atoms with E-state index in [0.29, 0.717) is 18.1 Å². The summed E-state index contributed by atoms with van der Waals surface area (Å²) in [5.74, 6) is 0.333. The van der Waals surface area contributed by atoms with Gasteiger partial charge in [-0.3, -0.25) is 4.79 Å². The number of pyridine rings is 1. The molecule has 3 rings (SSSR count). The molecule has 0 atom stereocenters. The maximum absolute atomic E-state index is 12.3. The minimum absolute atomic E-state index is 0.286. The van der Waals surface area contributed by atoms with E-state index in [9.17, 15) is 9.59 Å². The van der Waals surface area contributed by atoms with Crippen LogP contribution in [0.15, 0.2) is 54.9 Å². The molecule has 0 radical (unpaired) electrons. The van der Waals surface area contributed by atoms with E-state index >= 15 is 0 Å². The average Bonchev–Trinajstić information content (AvgIpc) is 3.13. The predicted molar refractivity (Wildman–Crippen MR) is 101 cm³/mol. The van der Waals surface area contributed by atoms with Crippen molar-refractivity contribution >= 4 is 11.9 Å². The van der Waals surface area contributed by atoms with Crippen LogP contribution in [0.1, 0.15) is 21.6 Å². The molecule has 1 aromatic carbocycles. The summed E-state index contributed by atoms with van der Waals surface area (Å²) >= 11 is 0. The highest BCUT2D eigenvalue weighted by atomic mass is 16.5. The second-order valence-electron chi connectivity index (χ2n) is 5.94. The number of methoxy groups -OCH3 is 1. The van der Waals surface area contributed by atoms with Gasteiger partial charge in [-0.1, -0.05) is 18.2 Å². The number of ether oxygens (including phenoxy) is 2. The van der Waals surface area contributed by atoms with Gasteiger partial charge in [0, 0.05) is 12.7 Å². The summed E-state index contributed by atoms with van der Waals surface area (Å²) in [6.07, 6.45) is 3.04. The lowest BCUT2D eigenvalue weighted by molar-refractivity contribution is -0.124. The van der Waals surface area contributed by atoms with E-state index in [1.807, 2.05) is 30.3 Å². The molecule has 2 heterocycles. The minimum Gasteiger partial charge on any atom is -0.497 e. The molecule has 0 bridgehead atoms. The number of rotatable bonds is 7. The fourth-order valence-corrected chi connectivity index (χ4v) is 2.52. The van der Waals surface area contributed by atoms with Crippen molar-refractivity contribution in [2.24, 2.45) is 0 Å². The third kappa shape index (κ3) is 4.53. The van der Waals surface area contributed by atoms with Crippen LogP contribution in [0, 0.1) is 6.92 Å². The lowest BCUT2D eigenvalue weighted by atomic mass is 10.2. The Morgan fingerprint density at radius 2 is 1.93 bits per heavy atom. The largest absolute Gasteiger partial charge is 0.497 e. The molecule has 0 aliphatic carbocycles. The minimum atomic E-state index is -0.612. The van der Waals surface area contributed by atoms with Crippen LogP contribution < -0.4 is 10.1 Å². The normalized spacial score (nSPS) is 10.4. The molecule has 0 fully saturated rings. The zero-order chi connectivity index (χ0) is 19.9. The van der Waals surface area contributed by atoms with Crippen molar-refractivity contribution in [3.63, 3.8) is 0 Å². The molecular formula is C20H20N4O4. The van der Waals surface area contributed by atoms with Crippen molar-refractivity contribution in [3.8, 4) is 11.6 Å². The Kier molecular flexibility index (Phi) is 6.01. The number of aromatic nitrogens is 3. The van der Waals surface area contributed by atoms with E-state index in [0.717, 1.165) is 11.3 Å². The van der Waals surface area contributed by atoms with Gasteiger partial charge in [0.1, 0.15) is 11.3 Å². The van der Waals surface area contributed by atoms with Crippen LogP contribution in [0.3, 0.4) is 0 Å². The summed E-state index contributed by atoms with van der Waals surface area (Å²) in [5.41, 5.74) is 1.78. The molecule has 144 valence electrons. The molecule has 0 saturated carbocycles. The van der Waals surface area contributed by atoms with Gasteiger partial charge in [0.25, 0.3) is 5.91 Å². The first-order chi connectivity index (χ1) is 13.6. The Morgan fingerprint density at radius 1 is 1.14 bits per heavy atom. The average molecular weight is 380 g/mol. The lowest BCUT2D eigenvalue weighted by Gasteiger charge is -2.07. The van der Waals surface area contributed by atoms with E-state index in [-0.39, 0.29) is 18.1 Å². The van der Waals surface area contributed by atoms with E-state index in [1.165, 1.54) is 6.20 Å². The van der Waals surface area contributed by atoms with Crippen LogP contribution in [0.5, 0.6) is 5.75 Å². The molecule has 1 amide bonds. The molecule has 1 N–H and O–H groups in total. The number of benzene rings is 1. The number of nitrogens with one attached hydrogen (secondary N) is 1. The second-order valence-corrected chi connectivity index (χ2v) is 5.94. The van der Waals surface area contributed by atoms with Gasteiger partial charge in [-0.2, -0.15) is 5.10 Å². The van der Waals surface area contributed by atoms with E-state index in [2.05, 4.69) is 15.4 Å². The summed E-state index contributed by atoms with van der Waals surface area (Å²) in [6.45, 7) is 1.70. The number of amides is 1. The molecule has 28 heavy (non-hydrogen) atoms. The van der Waals surface area contributed by atoms with E-state index in [1.54, 1.807) is 37.0 Å². The molecule has 0 aliphatic rings. The third-order valence-electron chi connectivity index (χ3n) is 4.08. The van der Waals surface area contributed by atoms with Crippen molar-refractivity contribution in [2.45, 2.75) is 13.5 Å². The predicted octanol–water partition coefficient (Wildman–Crippen LogP) is 2.06. The van der Waals surface area contributed by atoms with Crippen LogP contribution in [-0.4, -0.2) is 40.4 Å². The Balaban J connectivity index is 1.52. The molecule has 0 spiro atoms. The molecule has 0 saturated heterocycles. The van der Waals surface area contributed by atoms with E-state index < -0.39 is 5.97 Å². The summed E-state index contributed by atoms with van der Waals surface area (Å²) in [6, 6.07) is 12.7. The van der Waals surface area contributed by atoms with Crippen molar-refractivity contribution in [3.05, 3.63) is 71.7 Å². The number of carbonyl (C=O) groups excluding carboxylic acids is 2. The van der Waals surface area contributed by atoms with Gasteiger partial charge in [0.05, 0.1) is 19.0 Å². The highest BCUT2D eigenvalue weighted by Crippen LogP contribution is 2.13. The van der Waals surface area contributed by atoms with Gasteiger partial charge in [0.2, 0.25) is 0 Å². The summed E-state index contributed by atoms with van der Waals surface area (Å²) in [5, 5.41) is 6.87. The first-order valence-electron chi connectivity index (χ1n) is 8.61. The van der Waals surface area contributed by atoms with Crippen LogP contribution >= 0.6 is 0 Å². The number of hydrogen-bond donors (Lipinski definition) is 1. The maximum Gasteiger partial charge on any atom is 0.342 e. The van der Waals surface area contributed by atoms with Crippen LogP contribution in [0.25, 0.3) is 5.82 Å². The highest BCUT2D eigenvalue weighted by Gasteiger charge is 2.18. The monoisotopic (exact) mass is 380 g/mol. The first-order valence-corrected chi connectivity index (χ1v) is 8.61. The quantitative estimate of drug-likeness (QED) is 0.631. The maximum atomic E-state index is 12.3. The Hall–Kier alpha value is -3.68. The first kappa shape index (κ1) is 19.1. The molecule has 8 nitrogen and oxygen atoms in total. The molecule has 2 aromatic heterocycles. The number of esters is 1. The smallest absolute Gasteiger partial charge is 0.342 e. The fourth-order valence-electron chi connectivity index (χ4n) is 2.52. The highest BCUT2D eigenvalue weighted by molar-refractivity contribution is 5.92. The second kappa shape index (κ2) is 8.81. The van der Waals surface area contributed by atoms with Gasteiger partial charge in [-0.15, -0.1) is 0 Å². The Morgan fingerprint density at radius 3 is 2.61 bits per heavy atom. The lowest BCUT2D eigenvalue weighted by Crippen LogP contribution is -2.28. The van der Waals surface area contributed by atoms with Gasteiger partial charge >= 0.3 is 5.97 Å². The standard InChI is InChI=1S/C20H20N4O4/c1-14-17(12-23-24(14)18-5-3-4-10-21-18)20(26)28-13-19(25)22-11-15-6-8-16(27-2)9-7-15/h3-10,12H,11,13H2,1-2H3,(H,22,25). The van der Waals surface area contributed by atoms with Gasteiger partial charge < -0.3 is 14.8 Å². The van der Waals surface area contributed by atoms with Crippen molar-refractivity contribution in [2.75, 3.05) is 13.7 Å². The van der Waals surface area contributed by atoms with Crippen molar-refractivity contribution < 1.29 is 19.1 Å². The van der Waals surface area contributed by atoms with Crippen molar-refractivity contribution in [1.82, 2.24) is 20.1 Å². The van der Waals surface area contributed by atoms with Gasteiger partial charge in [0.15, 0.2) is 12.4 Å². The topological polar surface area (TPSA) is 95.3 Å². The van der Waals surface area contributed by atoms with E-state index in [4.69, 9.17) is 9.47 Å². The number of hydrogen-bond acceptors (Lipinski definition) is 6. The molecule has 0 aliphatic heterocycles. The molecule has 3 aromatic rings. The Bertz CT molecular complexity index is 952. The summed E-state index contributed by atoms with van der Waals surface area (Å²) < 4.78 is 11.7. The van der Waals surface area contributed by atoms with Crippen LogP contribution in [0.2, 0.25) is 0 Å². The Labute approximate surface area is 162 Å². The molecule has 0 unspecified atom stereocenters. The van der Waals surface area contributed by atoms with Crippen molar-refractivity contribution in [1.29, 1.82) is 0 Å². The van der Waals surface area contributed by atoms with Crippen LogP contribution in [-0.2, 0) is 16.1 Å². The molecular weight excluding hydrogens is 360 g/mol. The van der Waals surface area contributed by atoms with Gasteiger partial charge in [-0.25, -0.2) is 14.5 Å². The van der Waals surface area contributed by atoms with Crippen LogP contribution in [0.4, 0.5) is 0 Å². The fraction of sp³-hybridized carbons (Fsp3) is 0.200. The molecule has 8 heteroatoms. The number of carbonyl (C=O) groups is 2. The zero-order valence-electron chi connectivity index (χ0n) is 15.6.